The topological polar surface area (TPSA) is 52.8 Å². The van der Waals surface area contributed by atoms with Gasteiger partial charge in [-0.25, -0.2) is 0 Å². The standard InChI is InChI=1S/C14H28N4O/c1-16(2)5-6-17-7-9-18(10-8-17)14(19)12-3-4-13(15)11-12/h12-13H,3-11,15H2,1-2H3. The van der Waals surface area contributed by atoms with Crippen LogP contribution in [0.15, 0.2) is 0 Å². The van der Waals surface area contributed by atoms with E-state index in [2.05, 4.69) is 28.8 Å². The number of nitrogens with two attached hydrogens (primary N) is 1. The number of carbonyl (C=O) groups is 1. The molecule has 2 aliphatic rings. The third kappa shape index (κ3) is 4.16. The predicted molar refractivity (Wildman–Crippen MR) is 76.9 cm³/mol. The molecule has 0 spiro atoms. The Morgan fingerprint density at radius 1 is 1.21 bits per heavy atom. The average molecular weight is 268 g/mol. The molecule has 0 radical (unpaired) electrons. The van der Waals surface area contributed by atoms with E-state index >= 15 is 0 Å². The fourth-order valence-corrected chi connectivity index (χ4v) is 3.03. The van der Waals surface area contributed by atoms with Crippen LogP contribution in [0.5, 0.6) is 0 Å². The fraction of sp³-hybridized carbons (Fsp3) is 0.929. The minimum absolute atomic E-state index is 0.198. The molecule has 2 fully saturated rings. The summed E-state index contributed by atoms with van der Waals surface area (Å²) in [6, 6.07) is 0.246. The molecule has 0 bridgehead atoms. The molecule has 5 nitrogen and oxygen atoms in total. The van der Waals surface area contributed by atoms with E-state index in [9.17, 15) is 4.79 Å². The maximum absolute atomic E-state index is 12.4. The molecule has 1 heterocycles. The molecule has 0 aromatic carbocycles. The number of carbonyl (C=O) groups excluding carboxylic acids is 1. The summed E-state index contributed by atoms with van der Waals surface area (Å²) in [5.41, 5.74) is 5.90. The Labute approximate surface area is 116 Å². The first-order valence-electron chi connectivity index (χ1n) is 7.47. The summed E-state index contributed by atoms with van der Waals surface area (Å²) in [4.78, 5) is 19.1. The van der Waals surface area contributed by atoms with Crippen molar-refractivity contribution in [3.05, 3.63) is 0 Å². The fourth-order valence-electron chi connectivity index (χ4n) is 3.03. The average Bonchev–Trinajstić information content (AvgIpc) is 2.83. The Morgan fingerprint density at radius 2 is 1.89 bits per heavy atom. The third-order valence-electron chi connectivity index (χ3n) is 4.37. The Balaban J connectivity index is 1.72. The quantitative estimate of drug-likeness (QED) is 0.768. The lowest BCUT2D eigenvalue weighted by atomic mass is 10.1. The first-order valence-corrected chi connectivity index (χ1v) is 7.47. The Morgan fingerprint density at radius 3 is 2.42 bits per heavy atom. The second-order valence-corrected chi connectivity index (χ2v) is 6.24. The van der Waals surface area contributed by atoms with Crippen LogP contribution < -0.4 is 5.73 Å². The van der Waals surface area contributed by atoms with Crippen LogP contribution >= 0.6 is 0 Å². The van der Waals surface area contributed by atoms with E-state index in [0.717, 1.165) is 58.5 Å². The number of amides is 1. The second-order valence-electron chi connectivity index (χ2n) is 6.24. The summed E-state index contributed by atoms with van der Waals surface area (Å²) in [7, 11) is 4.20. The molecule has 1 saturated carbocycles. The molecule has 2 unspecified atom stereocenters. The zero-order valence-corrected chi connectivity index (χ0v) is 12.3. The molecule has 0 aromatic rings. The highest BCUT2D eigenvalue weighted by Gasteiger charge is 2.32. The van der Waals surface area contributed by atoms with Crippen LogP contribution in [0, 0.1) is 5.92 Å². The molecule has 1 saturated heterocycles. The van der Waals surface area contributed by atoms with E-state index in [4.69, 9.17) is 5.73 Å². The summed E-state index contributed by atoms with van der Waals surface area (Å²) < 4.78 is 0. The molecule has 2 N–H and O–H groups in total. The van der Waals surface area contributed by atoms with E-state index in [-0.39, 0.29) is 12.0 Å². The van der Waals surface area contributed by atoms with Gasteiger partial charge in [-0.2, -0.15) is 0 Å². The van der Waals surface area contributed by atoms with Crippen molar-refractivity contribution in [3.63, 3.8) is 0 Å². The largest absolute Gasteiger partial charge is 0.340 e. The smallest absolute Gasteiger partial charge is 0.225 e. The van der Waals surface area contributed by atoms with Gasteiger partial charge in [-0.1, -0.05) is 0 Å². The third-order valence-corrected chi connectivity index (χ3v) is 4.37. The molecule has 110 valence electrons. The number of hydrogen-bond acceptors (Lipinski definition) is 4. The lowest BCUT2D eigenvalue weighted by Gasteiger charge is -2.36. The number of likely N-dealkylation sites (N-methyl/N-ethyl adjacent to an activating group) is 1. The van der Waals surface area contributed by atoms with Crippen LogP contribution in [-0.4, -0.2) is 80.0 Å². The SMILES string of the molecule is CN(C)CCN1CCN(C(=O)C2CCC(N)C2)CC1. The first kappa shape index (κ1) is 14.8. The van der Waals surface area contributed by atoms with Gasteiger partial charge >= 0.3 is 0 Å². The van der Waals surface area contributed by atoms with Gasteiger partial charge in [0.05, 0.1) is 0 Å². The lowest BCUT2D eigenvalue weighted by molar-refractivity contribution is -0.137. The summed E-state index contributed by atoms with van der Waals surface area (Å²) in [5, 5.41) is 0. The van der Waals surface area contributed by atoms with Crippen molar-refractivity contribution in [2.75, 3.05) is 53.4 Å². The van der Waals surface area contributed by atoms with Gasteiger partial charge in [-0.05, 0) is 33.4 Å². The Bertz CT molecular complexity index is 300. The molecule has 19 heavy (non-hydrogen) atoms. The van der Waals surface area contributed by atoms with Crippen molar-refractivity contribution >= 4 is 5.91 Å². The highest BCUT2D eigenvalue weighted by molar-refractivity contribution is 5.79. The van der Waals surface area contributed by atoms with Crippen LogP contribution in [0.1, 0.15) is 19.3 Å². The minimum atomic E-state index is 0.198. The van der Waals surface area contributed by atoms with E-state index in [1.54, 1.807) is 0 Å². The molecule has 1 aliphatic heterocycles. The molecule has 2 rings (SSSR count). The zero-order valence-electron chi connectivity index (χ0n) is 12.3. The van der Waals surface area contributed by atoms with Gasteiger partial charge in [0, 0.05) is 51.2 Å². The van der Waals surface area contributed by atoms with E-state index in [1.165, 1.54) is 0 Å². The highest BCUT2D eigenvalue weighted by atomic mass is 16.2. The van der Waals surface area contributed by atoms with Crippen LogP contribution in [0.4, 0.5) is 0 Å². The molecule has 1 amide bonds. The van der Waals surface area contributed by atoms with Crippen LogP contribution in [0.25, 0.3) is 0 Å². The summed E-state index contributed by atoms with van der Waals surface area (Å²) in [6.07, 6.45) is 2.89. The molecule has 1 aliphatic carbocycles. The molecule has 0 aromatic heterocycles. The van der Waals surface area contributed by atoms with Gasteiger partial charge in [-0.15, -0.1) is 0 Å². The minimum Gasteiger partial charge on any atom is -0.340 e. The van der Waals surface area contributed by atoms with Crippen molar-refractivity contribution in [2.45, 2.75) is 25.3 Å². The molecule has 2 atom stereocenters. The van der Waals surface area contributed by atoms with Crippen molar-refractivity contribution < 1.29 is 4.79 Å². The summed E-state index contributed by atoms with van der Waals surface area (Å²) >= 11 is 0. The maximum atomic E-state index is 12.4. The van der Waals surface area contributed by atoms with Gasteiger partial charge in [0.2, 0.25) is 5.91 Å². The summed E-state index contributed by atoms with van der Waals surface area (Å²) in [6.45, 7) is 5.99. The van der Waals surface area contributed by atoms with Crippen LogP contribution in [0.3, 0.4) is 0 Å². The van der Waals surface area contributed by atoms with Gasteiger partial charge in [0.25, 0.3) is 0 Å². The highest BCUT2D eigenvalue weighted by Crippen LogP contribution is 2.26. The number of rotatable bonds is 4. The van der Waals surface area contributed by atoms with Gasteiger partial charge < -0.3 is 15.5 Å². The number of piperazine rings is 1. The zero-order chi connectivity index (χ0) is 13.8. The maximum Gasteiger partial charge on any atom is 0.225 e. The molecular formula is C14H28N4O. The van der Waals surface area contributed by atoms with Crippen LogP contribution in [0.2, 0.25) is 0 Å². The monoisotopic (exact) mass is 268 g/mol. The number of nitrogens with zero attached hydrogens (tertiary/aromatic N) is 3. The summed E-state index contributed by atoms with van der Waals surface area (Å²) in [5.74, 6) is 0.545. The van der Waals surface area contributed by atoms with Gasteiger partial charge in [0.1, 0.15) is 0 Å². The van der Waals surface area contributed by atoms with Crippen molar-refractivity contribution in [1.82, 2.24) is 14.7 Å². The Kier molecular flexibility index (Phi) is 5.19. The van der Waals surface area contributed by atoms with E-state index < -0.39 is 0 Å². The molecule has 5 heteroatoms. The van der Waals surface area contributed by atoms with Crippen molar-refractivity contribution in [2.24, 2.45) is 11.7 Å². The first-order chi connectivity index (χ1) is 9.06. The predicted octanol–water partition coefficient (Wildman–Crippen LogP) is -0.180. The van der Waals surface area contributed by atoms with Crippen LogP contribution in [-0.2, 0) is 4.79 Å². The number of hydrogen-bond donors (Lipinski definition) is 1. The van der Waals surface area contributed by atoms with Gasteiger partial charge in [0.15, 0.2) is 0 Å². The van der Waals surface area contributed by atoms with Crippen molar-refractivity contribution in [1.29, 1.82) is 0 Å². The normalized spacial score (nSPS) is 29.2. The van der Waals surface area contributed by atoms with Crippen molar-refractivity contribution in [3.8, 4) is 0 Å². The van der Waals surface area contributed by atoms with Gasteiger partial charge in [-0.3, -0.25) is 9.69 Å². The molecular weight excluding hydrogens is 240 g/mol. The lowest BCUT2D eigenvalue weighted by Crippen LogP contribution is -2.51. The van der Waals surface area contributed by atoms with E-state index in [1.807, 2.05) is 0 Å². The second kappa shape index (κ2) is 6.68. The Hall–Kier alpha value is -0.650. The van der Waals surface area contributed by atoms with E-state index in [0.29, 0.717) is 5.91 Å².